The van der Waals surface area contributed by atoms with Crippen LogP contribution in [0.3, 0.4) is 0 Å². The standard InChI is InChI=1S/C18H19N3O3S/c1-23-13-3-4-16(24-2)14(9-13)12-5-6-20(10-12)17(22)15-11-21-7-8-25-18(21)19-15/h3-4,7-9,11-12H,5-6,10H2,1-2H3/t12-/m0/s1. The van der Waals surface area contributed by atoms with E-state index < -0.39 is 0 Å². The number of likely N-dealkylation sites (tertiary alicyclic amines) is 1. The van der Waals surface area contributed by atoms with Crippen molar-refractivity contribution in [2.24, 2.45) is 0 Å². The highest BCUT2D eigenvalue weighted by Crippen LogP contribution is 2.36. The molecule has 0 aliphatic carbocycles. The molecule has 1 aliphatic heterocycles. The van der Waals surface area contributed by atoms with Gasteiger partial charge in [0, 0.05) is 42.3 Å². The van der Waals surface area contributed by atoms with Crippen LogP contribution >= 0.6 is 11.3 Å². The van der Waals surface area contributed by atoms with Crippen molar-refractivity contribution in [3.63, 3.8) is 0 Å². The van der Waals surface area contributed by atoms with Crippen LogP contribution in [0.5, 0.6) is 11.5 Å². The van der Waals surface area contributed by atoms with Gasteiger partial charge in [-0.3, -0.25) is 9.20 Å². The summed E-state index contributed by atoms with van der Waals surface area (Å²) in [6.07, 6.45) is 4.61. The molecule has 4 rings (SSSR count). The number of carbonyl (C=O) groups excluding carboxylic acids is 1. The van der Waals surface area contributed by atoms with Gasteiger partial charge in [-0.2, -0.15) is 0 Å². The first kappa shape index (κ1) is 16.0. The summed E-state index contributed by atoms with van der Waals surface area (Å²) >= 11 is 1.53. The van der Waals surface area contributed by atoms with Crippen LogP contribution in [0.15, 0.2) is 36.0 Å². The predicted molar refractivity (Wildman–Crippen MR) is 95.9 cm³/mol. The van der Waals surface area contributed by atoms with Crippen molar-refractivity contribution >= 4 is 22.2 Å². The highest BCUT2D eigenvalue weighted by atomic mass is 32.1. The number of hydrogen-bond donors (Lipinski definition) is 0. The van der Waals surface area contributed by atoms with Crippen molar-refractivity contribution in [2.75, 3.05) is 27.3 Å². The molecule has 2 aromatic heterocycles. The normalized spacial score (nSPS) is 17.2. The number of hydrogen-bond acceptors (Lipinski definition) is 5. The van der Waals surface area contributed by atoms with Gasteiger partial charge in [0.05, 0.1) is 14.2 Å². The van der Waals surface area contributed by atoms with E-state index in [0.29, 0.717) is 12.2 Å². The zero-order chi connectivity index (χ0) is 17.4. The van der Waals surface area contributed by atoms with Gasteiger partial charge in [-0.1, -0.05) is 0 Å². The number of carbonyl (C=O) groups is 1. The first-order valence-electron chi connectivity index (χ1n) is 8.13. The number of aromatic nitrogens is 2. The molecule has 25 heavy (non-hydrogen) atoms. The molecule has 3 aromatic rings. The summed E-state index contributed by atoms with van der Waals surface area (Å²) in [5, 5.41) is 1.96. The second kappa shape index (κ2) is 6.40. The Balaban J connectivity index is 1.55. The average molecular weight is 357 g/mol. The molecule has 0 bridgehead atoms. The topological polar surface area (TPSA) is 56.1 Å². The number of methoxy groups -OCH3 is 2. The van der Waals surface area contributed by atoms with Crippen molar-refractivity contribution in [1.29, 1.82) is 0 Å². The van der Waals surface area contributed by atoms with E-state index >= 15 is 0 Å². The minimum Gasteiger partial charge on any atom is -0.497 e. The van der Waals surface area contributed by atoms with E-state index in [2.05, 4.69) is 4.98 Å². The molecular weight excluding hydrogens is 338 g/mol. The Labute approximate surface area is 149 Å². The van der Waals surface area contributed by atoms with Gasteiger partial charge in [-0.05, 0) is 24.6 Å². The monoisotopic (exact) mass is 357 g/mol. The maximum atomic E-state index is 12.8. The van der Waals surface area contributed by atoms with E-state index in [0.717, 1.165) is 35.0 Å². The molecule has 0 spiro atoms. The molecule has 0 N–H and O–H groups in total. The third-order valence-electron chi connectivity index (χ3n) is 4.66. The van der Waals surface area contributed by atoms with E-state index in [9.17, 15) is 4.79 Å². The van der Waals surface area contributed by atoms with Crippen molar-refractivity contribution < 1.29 is 14.3 Å². The lowest BCUT2D eigenvalue weighted by Crippen LogP contribution is -2.28. The van der Waals surface area contributed by atoms with Gasteiger partial charge in [-0.25, -0.2) is 4.98 Å². The van der Waals surface area contributed by atoms with Crippen LogP contribution in [0.1, 0.15) is 28.4 Å². The summed E-state index contributed by atoms with van der Waals surface area (Å²) < 4.78 is 12.7. The zero-order valence-corrected chi connectivity index (χ0v) is 15.0. The van der Waals surface area contributed by atoms with Crippen LogP contribution in [-0.4, -0.2) is 47.5 Å². The Hall–Kier alpha value is -2.54. The second-order valence-corrected chi connectivity index (χ2v) is 6.94. The van der Waals surface area contributed by atoms with Crippen molar-refractivity contribution in [2.45, 2.75) is 12.3 Å². The molecule has 1 aromatic carbocycles. The summed E-state index contributed by atoms with van der Waals surface area (Å²) in [4.78, 5) is 19.9. The molecule has 7 heteroatoms. The van der Waals surface area contributed by atoms with Crippen LogP contribution in [-0.2, 0) is 0 Å². The summed E-state index contributed by atoms with van der Waals surface area (Å²) in [6.45, 7) is 1.38. The highest BCUT2D eigenvalue weighted by molar-refractivity contribution is 7.15. The third kappa shape index (κ3) is 2.84. The SMILES string of the molecule is COc1ccc(OC)c([C@H]2CCN(C(=O)c3cn4ccsc4n3)C2)c1. The minimum atomic E-state index is -0.0136. The molecule has 0 radical (unpaired) electrons. The van der Waals surface area contributed by atoms with Crippen LogP contribution < -0.4 is 9.47 Å². The van der Waals surface area contributed by atoms with Gasteiger partial charge in [-0.15, -0.1) is 11.3 Å². The molecular formula is C18H19N3O3S. The molecule has 1 fully saturated rings. The van der Waals surface area contributed by atoms with E-state index in [1.807, 2.05) is 39.1 Å². The Morgan fingerprint density at radius 3 is 2.96 bits per heavy atom. The van der Waals surface area contributed by atoms with Gasteiger partial charge in [0.2, 0.25) is 0 Å². The third-order valence-corrected chi connectivity index (χ3v) is 5.44. The Morgan fingerprint density at radius 1 is 1.32 bits per heavy atom. The van der Waals surface area contributed by atoms with Crippen LogP contribution in [0.2, 0.25) is 0 Å². The molecule has 3 heterocycles. The zero-order valence-electron chi connectivity index (χ0n) is 14.1. The fraction of sp³-hybridized carbons (Fsp3) is 0.333. The number of thiazole rings is 1. The Morgan fingerprint density at radius 2 is 2.20 bits per heavy atom. The predicted octanol–water partition coefficient (Wildman–Crippen LogP) is 3.04. The number of fused-ring (bicyclic) bond motifs is 1. The Bertz CT molecular complexity index is 889. The summed E-state index contributed by atoms with van der Waals surface area (Å²) in [5.41, 5.74) is 1.59. The van der Waals surface area contributed by atoms with Crippen molar-refractivity contribution in [3.05, 3.63) is 47.2 Å². The number of amides is 1. The number of nitrogens with zero attached hydrogens (tertiary/aromatic N) is 3. The molecule has 1 aliphatic rings. The number of benzene rings is 1. The quantitative estimate of drug-likeness (QED) is 0.720. The number of imidazole rings is 1. The second-order valence-electron chi connectivity index (χ2n) is 6.06. The van der Waals surface area contributed by atoms with Crippen LogP contribution in [0, 0.1) is 0 Å². The first-order valence-corrected chi connectivity index (χ1v) is 9.01. The molecule has 1 atom stereocenters. The molecule has 0 unspecified atom stereocenters. The van der Waals surface area contributed by atoms with Crippen LogP contribution in [0.4, 0.5) is 0 Å². The van der Waals surface area contributed by atoms with E-state index in [4.69, 9.17) is 9.47 Å². The minimum absolute atomic E-state index is 0.0136. The number of rotatable bonds is 4. The fourth-order valence-corrected chi connectivity index (χ4v) is 4.05. The maximum absolute atomic E-state index is 12.8. The smallest absolute Gasteiger partial charge is 0.274 e. The first-order chi connectivity index (χ1) is 12.2. The van der Waals surface area contributed by atoms with E-state index in [-0.39, 0.29) is 11.8 Å². The van der Waals surface area contributed by atoms with Gasteiger partial charge in [0.1, 0.15) is 17.2 Å². The van der Waals surface area contributed by atoms with Gasteiger partial charge in [0.25, 0.3) is 5.91 Å². The molecule has 6 nitrogen and oxygen atoms in total. The summed E-state index contributed by atoms with van der Waals surface area (Å²) in [5.74, 6) is 1.86. The molecule has 1 amide bonds. The van der Waals surface area contributed by atoms with Gasteiger partial charge >= 0.3 is 0 Å². The fourth-order valence-electron chi connectivity index (χ4n) is 3.35. The average Bonchev–Trinajstić information content (AvgIpc) is 3.35. The van der Waals surface area contributed by atoms with E-state index in [1.54, 1.807) is 20.4 Å². The van der Waals surface area contributed by atoms with Gasteiger partial charge in [0.15, 0.2) is 4.96 Å². The van der Waals surface area contributed by atoms with Crippen LogP contribution in [0.25, 0.3) is 4.96 Å². The lowest BCUT2D eigenvalue weighted by Gasteiger charge is -2.17. The van der Waals surface area contributed by atoms with E-state index in [1.165, 1.54) is 11.3 Å². The molecule has 0 saturated carbocycles. The lowest BCUT2D eigenvalue weighted by molar-refractivity contribution is 0.0785. The molecule has 1 saturated heterocycles. The summed E-state index contributed by atoms with van der Waals surface area (Å²) in [7, 11) is 3.32. The molecule has 130 valence electrons. The number of ether oxygens (including phenoxy) is 2. The van der Waals surface area contributed by atoms with Crippen molar-refractivity contribution in [1.82, 2.24) is 14.3 Å². The summed E-state index contributed by atoms with van der Waals surface area (Å²) in [6, 6.07) is 5.81. The largest absolute Gasteiger partial charge is 0.497 e. The Kier molecular flexibility index (Phi) is 4.09. The van der Waals surface area contributed by atoms with Gasteiger partial charge < -0.3 is 14.4 Å². The van der Waals surface area contributed by atoms with Crippen molar-refractivity contribution in [3.8, 4) is 11.5 Å². The maximum Gasteiger partial charge on any atom is 0.274 e. The highest BCUT2D eigenvalue weighted by Gasteiger charge is 2.31. The lowest BCUT2D eigenvalue weighted by atomic mass is 9.97.